The summed E-state index contributed by atoms with van der Waals surface area (Å²) in [6.45, 7) is 0.213. The normalized spacial score (nSPS) is 15.1. The molecule has 1 heterocycles. The lowest BCUT2D eigenvalue weighted by Crippen LogP contribution is -2.28. The van der Waals surface area contributed by atoms with Gasteiger partial charge < -0.3 is 9.47 Å². The molecule has 4 aromatic rings. The Kier molecular flexibility index (Phi) is 8.46. The number of aliphatic imine (C=N–C) groups is 1. The van der Waals surface area contributed by atoms with Gasteiger partial charge in [0.15, 0.2) is 16.7 Å². The minimum atomic E-state index is -0.438. The van der Waals surface area contributed by atoms with E-state index in [2.05, 4.69) is 22.6 Å². The van der Waals surface area contributed by atoms with Crippen molar-refractivity contribution in [3.63, 3.8) is 0 Å². The molecule has 0 bridgehead atoms. The van der Waals surface area contributed by atoms with Crippen molar-refractivity contribution in [3.05, 3.63) is 127 Å². The van der Waals surface area contributed by atoms with E-state index < -0.39 is 4.92 Å². The van der Waals surface area contributed by atoms with Crippen molar-refractivity contribution in [2.24, 2.45) is 4.99 Å². The second kappa shape index (κ2) is 12.3. The number of thioether (sulfide) groups is 1. The van der Waals surface area contributed by atoms with Crippen LogP contribution in [0.15, 0.2) is 107 Å². The third-order valence-corrected chi connectivity index (χ3v) is 7.65. The van der Waals surface area contributed by atoms with E-state index >= 15 is 0 Å². The highest BCUT2D eigenvalue weighted by atomic mass is 127. The number of nitro benzene ring substituents is 1. The van der Waals surface area contributed by atoms with Gasteiger partial charge in [-0.3, -0.25) is 19.8 Å². The molecule has 40 heavy (non-hydrogen) atoms. The van der Waals surface area contributed by atoms with Crippen molar-refractivity contribution in [1.82, 2.24) is 0 Å². The highest BCUT2D eigenvalue weighted by Crippen LogP contribution is 2.40. The summed E-state index contributed by atoms with van der Waals surface area (Å²) in [5.41, 5.74) is 3.07. The first kappa shape index (κ1) is 27.4. The molecule has 10 heteroatoms. The summed E-state index contributed by atoms with van der Waals surface area (Å²) in [4.78, 5) is 31.0. The van der Waals surface area contributed by atoms with E-state index in [1.54, 1.807) is 24.1 Å². The van der Waals surface area contributed by atoms with Crippen LogP contribution in [0.25, 0.3) is 6.08 Å². The molecular weight excluding hydrogens is 641 g/mol. The topological polar surface area (TPSA) is 94.3 Å². The number of halogens is 1. The fourth-order valence-electron chi connectivity index (χ4n) is 3.95. The van der Waals surface area contributed by atoms with E-state index in [4.69, 9.17) is 14.5 Å². The Morgan fingerprint density at radius 1 is 1.00 bits per heavy atom. The van der Waals surface area contributed by atoms with E-state index in [1.165, 1.54) is 23.9 Å². The summed E-state index contributed by atoms with van der Waals surface area (Å²) >= 11 is 3.48. The first-order valence-electron chi connectivity index (χ1n) is 12.1. The van der Waals surface area contributed by atoms with Crippen molar-refractivity contribution in [3.8, 4) is 11.5 Å². The zero-order valence-electron chi connectivity index (χ0n) is 21.2. The van der Waals surface area contributed by atoms with Crippen LogP contribution in [-0.2, 0) is 11.4 Å². The van der Waals surface area contributed by atoms with Gasteiger partial charge in [-0.1, -0.05) is 36.4 Å². The number of hydrogen-bond acceptors (Lipinski definition) is 7. The quantitative estimate of drug-likeness (QED) is 0.0835. The molecule has 0 unspecified atom stereocenters. The molecule has 1 aliphatic heterocycles. The lowest BCUT2D eigenvalue weighted by Gasteiger charge is -2.15. The average Bonchev–Trinajstić information content (AvgIpc) is 3.27. The molecule has 0 N–H and O–H groups in total. The predicted molar refractivity (Wildman–Crippen MR) is 166 cm³/mol. The van der Waals surface area contributed by atoms with Crippen molar-refractivity contribution >= 4 is 68.6 Å². The van der Waals surface area contributed by atoms with E-state index in [-0.39, 0.29) is 18.2 Å². The fraction of sp³-hybridized carbons (Fsp3) is 0.0667. The standard InChI is InChI=1S/C30H22IN3O5S/c1-38-26-17-21(16-25(31)28(26)39-19-20-12-14-24(15-13-20)34(36)37)18-27-29(35)33(23-10-6-3-7-11-23)30(40-27)32-22-8-4-2-5-9-22/h2-18H,19H2,1H3/b27-18-,32-30?. The van der Waals surface area contributed by atoms with Crippen LogP contribution < -0.4 is 14.4 Å². The van der Waals surface area contributed by atoms with Gasteiger partial charge in [0.1, 0.15) is 6.61 Å². The van der Waals surface area contributed by atoms with Gasteiger partial charge >= 0.3 is 0 Å². The van der Waals surface area contributed by atoms with Crippen molar-refractivity contribution < 1.29 is 19.2 Å². The molecule has 0 radical (unpaired) electrons. The van der Waals surface area contributed by atoms with Gasteiger partial charge in [0.05, 0.1) is 31.9 Å². The number of methoxy groups -OCH3 is 1. The highest BCUT2D eigenvalue weighted by molar-refractivity contribution is 14.1. The first-order valence-corrected chi connectivity index (χ1v) is 14.0. The van der Waals surface area contributed by atoms with Gasteiger partial charge in [0, 0.05) is 12.1 Å². The van der Waals surface area contributed by atoms with Crippen LogP contribution in [0.5, 0.6) is 11.5 Å². The number of hydrogen-bond donors (Lipinski definition) is 0. The number of rotatable bonds is 8. The molecule has 0 spiro atoms. The number of carbonyl (C=O) groups excluding carboxylic acids is 1. The molecule has 1 saturated heterocycles. The summed E-state index contributed by atoms with van der Waals surface area (Å²) < 4.78 is 12.4. The zero-order chi connectivity index (χ0) is 28.1. The molecule has 0 aliphatic carbocycles. The number of ether oxygens (including phenoxy) is 2. The Hall–Kier alpha value is -4.16. The number of para-hydroxylation sites is 2. The number of benzene rings is 4. The molecule has 0 atom stereocenters. The Morgan fingerprint density at radius 3 is 2.33 bits per heavy atom. The fourth-order valence-corrected chi connectivity index (χ4v) is 5.73. The van der Waals surface area contributed by atoms with Crippen LogP contribution in [0.3, 0.4) is 0 Å². The molecule has 4 aromatic carbocycles. The molecule has 8 nitrogen and oxygen atoms in total. The Bertz CT molecular complexity index is 1610. The summed E-state index contributed by atoms with van der Waals surface area (Å²) in [5.74, 6) is 0.888. The van der Waals surface area contributed by atoms with Crippen molar-refractivity contribution in [2.75, 3.05) is 12.0 Å². The monoisotopic (exact) mass is 663 g/mol. The summed E-state index contributed by atoms with van der Waals surface area (Å²) in [7, 11) is 1.55. The van der Waals surface area contributed by atoms with Gasteiger partial charge in [0.25, 0.3) is 11.6 Å². The number of amidine groups is 1. The number of amides is 1. The number of carbonyl (C=O) groups is 1. The van der Waals surface area contributed by atoms with Crippen molar-refractivity contribution in [2.45, 2.75) is 6.61 Å². The molecule has 200 valence electrons. The number of anilines is 1. The largest absolute Gasteiger partial charge is 0.493 e. The lowest BCUT2D eigenvalue weighted by atomic mass is 10.1. The van der Waals surface area contributed by atoms with Crippen LogP contribution in [0.4, 0.5) is 17.1 Å². The second-order valence-corrected chi connectivity index (χ2v) is 10.7. The molecule has 1 fully saturated rings. The molecule has 1 aliphatic rings. The van der Waals surface area contributed by atoms with E-state index in [1.807, 2.05) is 78.9 Å². The Morgan fingerprint density at radius 2 is 1.68 bits per heavy atom. The predicted octanol–water partition coefficient (Wildman–Crippen LogP) is 7.60. The zero-order valence-corrected chi connectivity index (χ0v) is 24.2. The minimum absolute atomic E-state index is 0.0235. The van der Waals surface area contributed by atoms with Crippen LogP contribution in [0, 0.1) is 13.7 Å². The van der Waals surface area contributed by atoms with Crippen LogP contribution in [0.2, 0.25) is 0 Å². The smallest absolute Gasteiger partial charge is 0.271 e. The third-order valence-electron chi connectivity index (χ3n) is 5.88. The molecule has 1 amide bonds. The third kappa shape index (κ3) is 6.18. The van der Waals surface area contributed by atoms with Crippen LogP contribution >= 0.6 is 34.4 Å². The van der Waals surface area contributed by atoms with Crippen LogP contribution in [0.1, 0.15) is 11.1 Å². The highest BCUT2D eigenvalue weighted by Gasteiger charge is 2.34. The van der Waals surface area contributed by atoms with E-state index in [0.717, 1.165) is 26.1 Å². The molecule has 5 rings (SSSR count). The van der Waals surface area contributed by atoms with Gasteiger partial charge in [0.2, 0.25) is 0 Å². The summed E-state index contributed by atoms with van der Waals surface area (Å²) in [6, 6.07) is 28.9. The van der Waals surface area contributed by atoms with Crippen molar-refractivity contribution in [1.29, 1.82) is 0 Å². The maximum Gasteiger partial charge on any atom is 0.271 e. The average molecular weight is 663 g/mol. The lowest BCUT2D eigenvalue weighted by molar-refractivity contribution is -0.384. The van der Waals surface area contributed by atoms with Gasteiger partial charge in [-0.2, -0.15) is 0 Å². The van der Waals surface area contributed by atoms with E-state index in [9.17, 15) is 14.9 Å². The number of nitrogens with zero attached hydrogens (tertiary/aromatic N) is 3. The molecule has 0 aromatic heterocycles. The summed E-state index contributed by atoms with van der Waals surface area (Å²) in [5, 5.41) is 11.5. The minimum Gasteiger partial charge on any atom is -0.493 e. The molecular formula is C30H22IN3O5S. The van der Waals surface area contributed by atoms with Gasteiger partial charge in [-0.15, -0.1) is 0 Å². The first-order chi connectivity index (χ1) is 19.4. The second-order valence-electron chi connectivity index (χ2n) is 8.56. The maximum absolute atomic E-state index is 13.6. The molecule has 0 saturated carbocycles. The van der Waals surface area contributed by atoms with Gasteiger partial charge in [-0.05, 0) is 100 Å². The number of non-ortho nitro benzene ring substituents is 1. The number of nitro groups is 1. The van der Waals surface area contributed by atoms with E-state index in [0.29, 0.717) is 21.6 Å². The SMILES string of the molecule is COc1cc(/C=C2\SC(=Nc3ccccc3)N(c3ccccc3)C2=O)cc(I)c1OCc1ccc([N+](=O)[O-])cc1. The van der Waals surface area contributed by atoms with Gasteiger partial charge in [-0.25, -0.2) is 4.99 Å². The maximum atomic E-state index is 13.6. The Labute approximate surface area is 248 Å². The van der Waals surface area contributed by atoms with Crippen LogP contribution in [-0.4, -0.2) is 23.1 Å². The Balaban J connectivity index is 1.43. The summed E-state index contributed by atoms with van der Waals surface area (Å²) in [6.07, 6.45) is 1.82.